The molecule has 0 aliphatic carbocycles. The Kier molecular flexibility index (Phi) is 3.08. The lowest BCUT2D eigenvalue weighted by molar-refractivity contribution is -0.724. The molecule has 0 N–H and O–H groups in total. The number of fused-ring (bicyclic) bond motifs is 7. The second-order valence-electron chi connectivity index (χ2n) is 6.60. The predicted octanol–water partition coefficient (Wildman–Crippen LogP) is 4.03. The molecule has 4 aromatic rings. The second kappa shape index (κ2) is 5.41. The number of rotatable bonds is 0. The third-order valence-corrected chi connectivity index (χ3v) is 5.15. The average molecular weight is 312 g/mol. The van der Waals surface area contributed by atoms with Crippen LogP contribution in [0.25, 0.3) is 32.9 Å². The maximum Gasteiger partial charge on any atom is 0.285 e. The van der Waals surface area contributed by atoms with Gasteiger partial charge in [0.05, 0.1) is 10.8 Å². The number of nitrogens with zero attached hydrogens (tertiary/aromatic N) is 2. The van der Waals surface area contributed by atoms with Crippen molar-refractivity contribution in [2.75, 3.05) is 0 Å². The topological polar surface area (TPSA) is 7.76 Å². The third kappa shape index (κ3) is 2.03. The van der Waals surface area contributed by atoms with Gasteiger partial charge in [0.15, 0.2) is 12.4 Å². The molecule has 116 valence electrons. The van der Waals surface area contributed by atoms with E-state index in [4.69, 9.17) is 0 Å². The summed E-state index contributed by atoms with van der Waals surface area (Å²) in [6, 6.07) is 22.0. The Morgan fingerprint density at radius 2 is 1.00 bits per heavy atom. The van der Waals surface area contributed by atoms with Gasteiger partial charge in [-0.25, -0.2) is 0 Å². The van der Waals surface area contributed by atoms with E-state index in [1.165, 1.54) is 45.8 Å². The molecular formula is C22H20N2+2. The zero-order valence-corrected chi connectivity index (χ0v) is 13.7. The fourth-order valence-corrected chi connectivity index (χ4v) is 3.98. The van der Waals surface area contributed by atoms with E-state index in [1.54, 1.807) is 0 Å². The van der Waals surface area contributed by atoms with Crippen molar-refractivity contribution in [2.24, 2.45) is 0 Å². The van der Waals surface area contributed by atoms with Crippen LogP contribution in [-0.2, 0) is 13.1 Å². The summed E-state index contributed by atoms with van der Waals surface area (Å²) in [7, 11) is 0. The molecule has 1 aliphatic rings. The van der Waals surface area contributed by atoms with Gasteiger partial charge < -0.3 is 0 Å². The van der Waals surface area contributed by atoms with Crippen LogP contribution in [0.3, 0.4) is 0 Å². The molecule has 0 fully saturated rings. The molecule has 0 amide bonds. The number of aromatic nitrogens is 2. The Bertz CT molecular complexity index is 979. The Balaban J connectivity index is 1.99. The smallest absolute Gasteiger partial charge is 0.193 e. The van der Waals surface area contributed by atoms with E-state index in [0.29, 0.717) is 0 Å². The maximum absolute atomic E-state index is 2.44. The molecule has 0 unspecified atom stereocenters. The van der Waals surface area contributed by atoms with Gasteiger partial charge in [-0.2, -0.15) is 9.13 Å². The van der Waals surface area contributed by atoms with Crippen molar-refractivity contribution in [1.29, 1.82) is 0 Å². The van der Waals surface area contributed by atoms with Gasteiger partial charge in [-0.1, -0.05) is 36.4 Å². The predicted molar refractivity (Wildman–Crippen MR) is 96.5 cm³/mol. The first kappa shape index (κ1) is 13.7. The zero-order chi connectivity index (χ0) is 15.9. The fourth-order valence-electron chi connectivity index (χ4n) is 3.98. The van der Waals surface area contributed by atoms with E-state index in [-0.39, 0.29) is 0 Å². The lowest BCUT2D eigenvalue weighted by Gasteiger charge is -2.12. The average Bonchev–Trinajstić information content (AvgIpc) is 2.62. The van der Waals surface area contributed by atoms with Crippen LogP contribution in [0.1, 0.15) is 12.8 Å². The molecule has 0 bridgehead atoms. The van der Waals surface area contributed by atoms with Crippen LogP contribution in [0.4, 0.5) is 0 Å². The van der Waals surface area contributed by atoms with Crippen LogP contribution in [0.5, 0.6) is 0 Å². The quantitative estimate of drug-likeness (QED) is 0.433. The van der Waals surface area contributed by atoms with Gasteiger partial charge in [0.25, 0.3) is 11.4 Å². The summed E-state index contributed by atoms with van der Waals surface area (Å²) in [6.07, 6.45) is 6.95. The molecule has 2 nitrogen and oxygen atoms in total. The van der Waals surface area contributed by atoms with E-state index in [1.807, 2.05) is 0 Å². The summed E-state index contributed by atoms with van der Waals surface area (Å²) < 4.78 is 4.89. The largest absolute Gasteiger partial charge is 0.285 e. The van der Waals surface area contributed by atoms with Crippen LogP contribution in [-0.4, -0.2) is 0 Å². The minimum atomic E-state index is 1.09. The van der Waals surface area contributed by atoms with E-state index in [9.17, 15) is 0 Å². The van der Waals surface area contributed by atoms with Gasteiger partial charge in [-0.3, -0.25) is 0 Å². The van der Waals surface area contributed by atoms with E-state index in [0.717, 1.165) is 13.1 Å². The van der Waals surface area contributed by atoms with Crippen molar-refractivity contribution in [2.45, 2.75) is 25.9 Å². The molecule has 2 heteroatoms. The van der Waals surface area contributed by atoms with Gasteiger partial charge in [-0.15, -0.1) is 0 Å². The monoisotopic (exact) mass is 312 g/mol. The van der Waals surface area contributed by atoms with Crippen molar-refractivity contribution < 1.29 is 9.13 Å². The Labute approximate surface area is 141 Å². The number of aryl methyl sites for hydroxylation is 2. The first-order valence-corrected chi connectivity index (χ1v) is 8.74. The van der Waals surface area contributed by atoms with Gasteiger partial charge in [0, 0.05) is 25.0 Å². The van der Waals surface area contributed by atoms with Crippen molar-refractivity contribution in [3.05, 3.63) is 73.1 Å². The van der Waals surface area contributed by atoms with E-state index in [2.05, 4.69) is 82.2 Å². The van der Waals surface area contributed by atoms with Crippen LogP contribution in [0.15, 0.2) is 73.1 Å². The lowest BCUT2D eigenvalue weighted by Crippen LogP contribution is -2.45. The first-order valence-electron chi connectivity index (χ1n) is 8.74. The highest BCUT2D eigenvalue weighted by atomic mass is 15.0. The summed E-state index contributed by atoms with van der Waals surface area (Å²) >= 11 is 0. The summed E-state index contributed by atoms with van der Waals surface area (Å²) in [5, 5.41) is 5.30. The van der Waals surface area contributed by atoms with Crippen LogP contribution >= 0.6 is 0 Å². The highest BCUT2D eigenvalue weighted by molar-refractivity contribution is 5.99. The number of benzene rings is 2. The normalized spacial score (nSPS) is 14.0. The first-order chi connectivity index (χ1) is 11.9. The minimum absolute atomic E-state index is 1.09. The maximum atomic E-state index is 2.44. The van der Waals surface area contributed by atoms with Crippen molar-refractivity contribution in [1.82, 2.24) is 0 Å². The van der Waals surface area contributed by atoms with Crippen LogP contribution in [0, 0.1) is 0 Å². The molecule has 0 atom stereocenters. The van der Waals surface area contributed by atoms with Gasteiger partial charge >= 0.3 is 0 Å². The highest BCUT2D eigenvalue weighted by Crippen LogP contribution is 2.29. The Morgan fingerprint density at radius 1 is 0.542 bits per heavy atom. The van der Waals surface area contributed by atoms with Crippen molar-refractivity contribution in [3.8, 4) is 11.4 Å². The zero-order valence-electron chi connectivity index (χ0n) is 13.7. The molecule has 2 aromatic carbocycles. The Morgan fingerprint density at radius 3 is 1.50 bits per heavy atom. The minimum Gasteiger partial charge on any atom is -0.193 e. The van der Waals surface area contributed by atoms with Gasteiger partial charge in [0.2, 0.25) is 0 Å². The molecule has 5 rings (SSSR count). The number of pyridine rings is 2. The molecule has 0 spiro atoms. The van der Waals surface area contributed by atoms with Crippen molar-refractivity contribution in [3.63, 3.8) is 0 Å². The summed E-state index contributed by atoms with van der Waals surface area (Å²) in [5.41, 5.74) is 2.70. The molecule has 0 radical (unpaired) electrons. The highest BCUT2D eigenvalue weighted by Gasteiger charge is 2.30. The molecule has 1 aliphatic heterocycles. The van der Waals surface area contributed by atoms with Gasteiger partial charge in [-0.05, 0) is 22.9 Å². The number of hydrogen-bond acceptors (Lipinski definition) is 0. The standard InChI is InChI=1S/C22H20N2/c1-3-9-19-17(7-1)11-15-23-13-5-6-14-24-16-12-18-8-2-4-10-20(18)22(24)21(19)23/h1-4,7-12,15-16H,5-6,13-14H2/q+2. The third-order valence-electron chi connectivity index (χ3n) is 5.15. The van der Waals surface area contributed by atoms with Gasteiger partial charge in [0.1, 0.15) is 13.1 Å². The molecule has 0 saturated carbocycles. The fraction of sp³-hybridized carbons (Fsp3) is 0.182. The Hall–Kier alpha value is -2.74. The molecule has 3 heterocycles. The second-order valence-corrected chi connectivity index (χ2v) is 6.60. The molecular weight excluding hydrogens is 292 g/mol. The SMILES string of the molecule is c1ccc2c3[n+](ccc2c1)CCCC[n+]1ccc2ccccc2c1-3. The van der Waals surface area contributed by atoms with Crippen LogP contribution < -0.4 is 9.13 Å². The summed E-state index contributed by atoms with van der Waals surface area (Å²) in [5.74, 6) is 0. The molecule has 2 aromatic heterocycles. The molecule has 24 heavy (non-hydrogen) atoms. The van der Waals surface area contributed by atoms with Crippen molar-refractivity contribution >= 4 is 21.5 Å². The summed E-state index contributed by atoms with van der Waals surface area (Å²) in [4.78, 5) is 0. The molecule has 0 saturated heterocycles. The summed E-state index contributed by atoms with van der Waals surface area (Å²) in [6.45, 7) is 2.17. The number of hydrogen-bond donors (Lipinski definition) is 0. The van der Waals surface area contributed by atoms with E-state index < -0.39 is 0 Å². The van der Waals surface area contributed by atoms with E-state index >= 15 is 0 Å². The lowest BCUT2D eigenvalue weighted by atomic mass is 10.0. The van der Waals surface area contributed by atoms with Crippen LogP contribution in [0.2, 0.25) is 0 Å².